The van der Waals surface area contributed by atoms with Gasteiger partial charge in [0.2, 0.25) is 0 Å². The Balaban J connectivity index is 0.000000174. The van der Waals surface area contributed by atoms with Gasteiger partial charge in [0, 0.05) is 25.7 Å². The van der Waals surface area contributed by atoms with E-state index in [2.05, 4.69) is 20.2 Å². The van der Waals surface area contributed by atoms with Crippen LogP contribution in [-0.4, -0.2) is 47.6 Å². The number of fused-ring (bicyclic) bond motifs is 3. The summed E-state index contributed by atoms with van der Waals surface area (Å²) >= 11 is 0. The first-order chi connectivity index (χ1) is 15.9. The number of hydrogen-bond donors (Lipinski definition) is 2. The fourth-order valence-corrected chi connectivity index (χ4v) is 3.21. The summed E-state index contributed by atoms with van der Waals surface area (Å²) in [6.45, 7) is 0. The molecule has 0 atom stereocenters. The molecular weight excluding hydrogens is 424 g/mol. The third-order valence-electron chi connectivity index (χ3n) is 4.84. The maximum atomic E-state index is 12.0. The molecule has 0 spiro atoms. The number of nitriles is 1. The Morgan fingerprint density at radius 3 is 2.61 bits per heavy atom. The Bertz CT molecular complexity index is 1570. The van der Waals surface area contributed by atoms with Gasteiger partial charge >= 0.3 is 11.8 Å². The topological polar surface area (TPSA) is 145 Å². The summed E-state index contributed by atoms with van der Waals surface area (Å²) in [7, 11) is 3.22. The van der Waals surface area contributed by atoms with Crippen molar-refractivity contribution < 1.29 is 9.90 Å². The molecule has 5 rings (SSSR count). The number of carboxylic acid groups (broad SMARTS) is 1. The number of H-pyrrole nitrogens is 1. The third-order valence-corrected chi connectivity index (χ3v) is 4.84. The summed E-state index contributed by atoms with van der Waals surface area (Å²) in [6.07, 6.45) is 2.40. The zero-order chi connectivity index (χ0) is 23.5. The van der Waals surface area contributed by atoms with Gasteiger partial charge in [0.15, 0.2) is 11.5 Å². The van der Waals surface area contributed by atoms with Crippen LogP contribution in [0.2, 0.25) is 0 Å². The van der Waals surface area contributed by atoms with Crippen LogP contribution >= 0.6 is 0 Å². The minimum atomic E-state index is -1.08. The number of nitrogens with one attached hydrogen (secondary N) is 1. The summed E-state index contributed by atoms with van der Waals surface area (Å²) in [5, 5.41) is 26.6. The first kappa shape index (κ1) is 21.3. The maximum Gasteiger partial charge on any atom is 0.411 e. The predicted octanol–water partition coefficient (Wildman–Crippen LogP) is 2.64. The molecule has 3 heterocycles. The van der Waals surface area contributed by atoms with E-state index in [1.165, 1.54) is 11.6 Å². The summed E-state index contributed by atoms with van der Waals surface area (Å²) in [5.74, 6) is 0.486. The Hall–Kier alpha value is -4.98. The Labute approximate surface area is 186 Å². The van der Waals surface area contributed by atoms with E-state index in [1.807, 2.05) is 43.6 Å². The van der Waals surface area contributed by atoms with E-state index in [4.69, 9.17) is 10.4 Å². The van der Waals surface area contributed by atoms with E-state index in [1.54, 1.807) is 35.1 Å². The number of hydrogen-bond acceptors (Lipinski definition) is 6. The van der Waals surface area contributed by atoms with Crippen molar-refractivity contribution in [3.05, 3.63) is 77.0 Å². The molecule has 2 aromatic carbocycles. The van der Waals surface area contributed by atoms with Crippen molar-refractivity contribution >= 4 is 28.3 Å². The van der Waals surface area contributed by atoms with Gasteiger partial charge < -0.3 is 10.1 Å². The van der Waals surface area contributed by atoms with Crippen molar-refractivity contribution in [2.24, 2.45) is 7.05 Å². The van der Waals surface area contributed by atoms with E-state index in [0.29, 0.717) is 22.7 Å². The fraction of sp³-hybridized carbons (Fsp3) is 0.0909. The van der Waals surface area contributed by atoms with Crippen molar-refractivity contribution in [2.45, 2.75) is 0 Å². The first-order valence-corrected chi connectivity index (χ1v) is 9.71. The molecule has 11 heteroatoms. The lowest BCUT2D eigenvalue weighted by atomic mass is 10.2. The van der Waals surface area contributed by atoms with Crippen LogP contribution in [0.4, 0.5) is 10.5 Å². The summed E-state index contributed by atoms with van der Waals surface area (Å²) in [6, 6.07) is 16.0. The average molecular weight is 442 g/mol. The average Bonchev–Trinajstić information content (AvgIpc) is 3.46. The van der Waals surface area contributed by atoms with Crippen molar-refractivity contribution in [1.29, 1.82) is 5.26 Å². The SMILES string of the molecule is CN(C(=O)O)c1ccccc1C#N.Cn1cc(-c2nc3c4ccccc4[nH]c(=O)n3n2)cn1. The summed E-state index contributed by atoms with van der Waals surface area (Å²) < 4.78 is 2.95. The molecule has 0 aliphatic rings. The molecule has 0 radical (unpaired) electrons. The number of amides is 1. The molecule has 33 heavy (non-hydrogen) atoms. The van der Waals surface area contributed by atoms with Crippen LogP contribution in [-0.2, 0) is 7.05 Å². The molecule has 164 valence electrons. The second kappa shape index (κ2) is 8.64. The van der Waals surface area contributed by atoms with E-state index in [-0.39, 0.29) is 5.69 Å². The van der Waals surface area contributed by atoms with E-state index in [9.17, 15) is 9.59 Å². The minimum Gasteiger partial charge on any atom is -0.465 e. The number of para-hydroxylation sites is 2. The predicted molar refractivity (Wildman–Crippen MR) is 121 cm³/mol. The molecule has 0 saturated heterocycles. The third kappa shape index (κ3) is 4.13. The van der Waals surface area contributed by atoms with Gasteiger partial charge in [-0.3, -0.25) is 9.58 Å². The minimum absolute atomic E-state index is 0.304. The second-order valence-electron chi connectivity index (χ2n) is 7.02. The normalized spacial score (nSPS) is 10.5. The van der Waals surface area contributed by atoms with Crippen LogP contribution < -0.4 is 10.6 Å². The second-order valence-corrected chi connectivity index (χ2v) is 7.02. The van der Waals surface area contributed by atoms with E-state index in [0.717, 1.165) is 21.4 Å². The molecular formula is C22H18N8O3. The quantitative estimate of drug-likeness (QED) is 0.427. The number of aromatic nitrogens is 6. The molecule has 0 fully saturated rings. The Morgan fingerprint density at radius 1 is 1.18 bits per heavy atom. The van der Waals surface area contributed by atoms with Gasteiger partial charge in [-0.05, 0) is 24.3 Å². The Morgan fingerprint density at radius 2 is 1.91 bits per heavy atom. The molecule has 1 amide bonds. The standard InChI is InChI=1S/C13H10N6O.C9H8N2O2/c1-18-7-8(6-14-18)11-16-12-9-4-2-3-5-10(9)15-13(20)19(12)17-11;1-11(9(12)13)8-5-3-2-4-7(8)6-10/h2-7H,1H3,(H,15,20);2-5H,1H3,(H,12,13). The monoisotopic (exact) mass is 442 g/mol. The van der Waals surface area contributed by atoms with Crippen LogP contribution in [0.25, 0.3) is 27.9 Å². The number of anilines is 1. The lowest BCUT2D eigenvalue weighted by Gasteiger charge is -2.13. The van der Waals surface area contributed by atoms with E-state index >= 15 is 0 Å². The number of carbonyl (C=O) groups is 1. The van der Waals surface area contributed by atoms with Gasteiger partial charge in [-0.15, -0.1) is 5.10 Å². The number of nitrogens with zero attached hydrogens (tertiary/aromatic N) is 7. The van der Waals surface area contributed by atoms with Crippen molar-refractivity contribution in [3.63, 3.8) is 0 Å². The molecule has 5 aromatic rings. The molecule has 0 bridgehead atoms. The number of aromatic amines is 1. The lowest BCUT2D eigenvalue weighted by molar-refractivity contribution is 0.203. The molecule has 0 unspecified atom stereocenters. The molecule has 0 aliphatic carbocycles. The molecule has 0 saturated carbocycles. The number of aryl methyl sites for hydroxylation is 1. The number of rotatable bonds is 2. The van der Waals surface area contributed by atoms with E-state index < -0.39 is 6.09 Å². The lowest BCUT2D eigenvalue weighted by Crippen LogP contribution is -2.24. The van der Waals surface area contributed by atoms with Crippen LogP contribution in [0.1, 0.15) is 5.56 Å². The van der Waals surface area contributed by atoms with Gasteiger partial charge in [0.1, 0.15) is 6.07 Å². The highest BCUT2D eigenvalue weighted by atomic mass is 16.4. The molecule has 11 nitrogen and oxygen atoms in total. The zero-order valence-corrected chi connectivity index (χ0v) is 17.7. The van der Waals surface area contributed by atoms with Crippen LogP contribution in [0, 0.1) is 11.3 Å². The highest BCUT2D eigenvalue weighted by molar-refractivity contribution is 5.91. The van der Waals surface area contributed by atoms with Crippen molar-refractivity contribution in [3.8, 4) is 17.5 Å². The zero-order valence-electron chi connectivity index (χ0n) is 17.7. The number of benzene rings is 2. The molecule has 2 N–H and O–H groups in total. The molecule has 0 aliphatic heterocycles. The van der Waals surface area contributed by atoms with Gasteiger partial charge in [0.25, 0.3) is 0 Å². The van der Waals surface area contributed by atoms with Crippen LogP contribution in [0.3, 0.4) is 0 Å². The van der Waals surface area contributed by atoms with Crippen molar-refractivity contribution in [1.82, 2.24) is 29.4 Å². The fourth-order valence-electron chi connectivity index (χ4n) is 3.21. The van der Waals surface area contributed by atoms with Gasteiger partial charge in [-0.1, -0.05) is 24.3 Å². The summed E-state index contributed by atoms with van der Waals surface area (Å²) in [5.41, 5.74) is 2.52. The maximum absolute atomic E-state index is 12.0. The highest BCUT2D eigenvalue weighted by Crippen LogP contribution is 2.19. The largest absolute Gasteiger partial charge is 0.465 e. The van der Waals surface area contributed by atoms with Crippen LogP contribution in [0.5, 0.6) is 0 Å². The molecule has 3 aromatic heterocycles. The van der Waals surface area contributed by atoms with Gasteiger partial charge in [-0.25, -0.2) is 14.6 Å². The van der Waals surface area contributed by atoms with Gasteiger partial charge in [0.05, 0.1) is 28.5 Å². The van der Waals surface area contributed by atoms with Crippen molar-refractivity contribution in [2.75, 3.05) is 11.9 Å². The van der Waals surface area contributed by atoms with Crippen LogP contribution in [0.15, 0.2) is 65.7 Å². The highest BCUT2D eigenvalue weighted by Gasteiger charge is 2.13. The Kier molecular flexibility index (Phi) is 5.56. The van der Waals surface area contributed by atoms with Gasteiger partial charge in [-0.2, -0.15) is 14.9 Å². The first-order valence-electron chi connectivity index (χ1n) is 9.71. The summed E-state index contributed by atoms with van der Waals surface area (Å²) in [4.78, 5) is 30.9. The smallest absolute Gasteiger partial charge is 0.411 e.